The van der Waals surface area contributed by atoms with Gasteiger partial charge >= 0.3 is 11.9 Å². The summed E-state index contributed by atoms with van der Waals surface area (Å²) in [6.07, 6.45) is 3.28. The van der Waals surface area contributed by atoms with Crippen LogP contribution in [0.25, 0.3) is 6.08 Å². The highest BCUT2D eigenvalue weighted by Crippen LogP contribution is 2.16. The molecule has 0 radical (unpaired) electrons. The maximum absolute atomic E-state index is 12.0. The van der Waals surface area contributed by atoms with Crippen molar-refractivity contribution in [1.29, 1.82) is 0 Å². The number of aliphatic hydroxyl groups is 1. The van der Waals surface area contributed by atoms with E-state index < -0.39 is 12.1 Å². The lowest BCUT2D eigenvalue weighted by molar-refractivity contribution is -0.140. The molecule has 7 nitrogen and oxygen atoms in total. The highest BCUT2D eigenvalue weighted by Gasteiger charge is 2.06. The Labute approximate surface area is 189 Å². The molecule has 0 saturated carbocycles. The Kier molecular flexibility index (Phi) is 10.4. The van der Waals surface area contributed by atoms with Gasteiger partial charge in [-0.1, -0.05) is 38.1 Å². The fraction of sp³-hybridized carbons (Fsp3) is 0.360. The summed E-state index contributed by atoms with van der Waals surface area (Å²) in [6.45, 7) is 4.70. The van der Waals surface area contributed by atoms with Crippen molar-refractivity contribution in [2.45, 2.75) is 38.8 Å². The van der Waals surface area contributed by atoms with Crippen LogP contribution in [-0.4, -0.2) is 49.5 Å². The molecule has 0 aliphatic heterocycles. The van der Waals surface area contributed by atoms with Crippen molar-refractivity contribution < 1.29 is 28.9 Å². The van der Waals surface area contributed by atoms with Crippen molar-refractivity contribution in [2.75, 3.05) is 20.3 Å². The fourth-order valence-electron chi connectivity index (χ4n) is 2.69. The number of ether oxygens (including phenoxy) is 3. The predicted molar refractivity (Wildman–Crippen MR) is 123 cm³/mol. The minimum absolute atomic E-state index is 0.197. The van der Waals surface area contributed by atoms with Crippen LogP contribution in [0.4, 0.5) is 0 Å². The number of hydrogen-bond acceptors (Lipinski definition) is 7. The Morgan fingerprint density at radius 1 is 1.03 bits per heavy atom. The smallest absolute Gasteiger partial charge is 0.336 e. The molecular weight excluding hydrogens is 410 g/mol. The van der Waals surface area contributed by atoms with Gasteiger partial charge in [-0.3, -0.25) is 4.79 Å². The Balaban J connectivity index is 1.77. The summed E-state index contributed by atoms with van der Waals surface area (Å²) in [5, 5.41) is 13.0. The van der Waals surface area contributed by atoms with Crippen molar-refractivity contribution >= 4 is 18.0 Å². The fourth-order valence-corrected chi connectivity index (χ4v) is 2.69. The van der Waals surface area contributed by atoms with Crippen molar-refractivity contribution in [1.82, 2.24) is 5.32 Å². The number of rotatable bonds is 12. The van der Waals surface area contributed by atoms with Crippen molar-refractivity contribution in [2.24, 2.45) is 0 Å². The van der Waals surface area contributed by atoms with Gasteiger partial charge in [0.15, 0.2) is 0 Å². The van der Waals surface area contributed by atoms with E-state index in [1.165, 1.54) is 13.2 Å². The number of aryl methyl sites for hydroxylation is 1. The first-order valence-corrected chi connectivity index (χ1v) is 10.6. The van der Waals surface area contributed by atoms with Gasteiger partial charge in [0, 0.05) is 25.1 Å². The number of nitrogens with one attached hydrogen (secondary N) is 1. The molecule has 7 heteroatoms. The second-order valence-corrected chi connectivity index (χ2v) is 7.57. The maximum Gasteiger partial charge on any atom is 0.336 e. The molecule has 2 aromatic rings. The first-order chi connectivity index (χ1) is 15.4. The topological polar surface area (TPSA) is 94.1 Å². The highest BCUT2D eigenvalue weighted by molar-refractivity contribution is 5.88. The molecule has 0 saturated heterocycles. The Hall–Kier alpha value is -3.16. The van der Waals surface area contributed by atoms with Gasteiger partial charge in [-0.25, -0.2) is 4.79 Å². The molecule has 0 bridgehead atoms. The van der Waals surface area contributed by atoms with Crippen LogP contribution in [0.15, 0.2) is 54.6 Å². The van der Waals surface area contributed by atoms with Crippen LogP contribution in [0.5, 0.6) is 11.5 Å². The number of carbonyl (C=O) groups is 2. The highest BCUT2D eigenvalue weighted by atomic mass is 16.5. The zero-order chi connectivity index (χ0) is 23.3. The minimum Gasteiger partial charge on any atom is -0.491 e. The number of methoxy groups -OCH3 is 1. The van der Waals surface area contributed by atoms with Gasteiger partial charge in [-0.2, -0.15) is 0 Å². The van der Waals surface area contributed by atoms with E-state index in [1.54, 1.807) is 30.3 Å². The van der Waals surface area contributed by atoms with Gasteiger partial charge in [0.25, 0.3) is 0 Å². The summed E-state index contributed by atoms with van der Waals surface area (Å²) in [7, 11) is 1.36. The van der Waals surface area contributed by atoms with Gasteiger partial charge in [-0.15, -0.1) is 0 Å². The van der Waals surface area contributed by atoms with Crippen molar-refractivity contribution in [3.63, 3.8) is 0 Å². The molecule has 1 atom stereocenters. The van der Waals surface area contributed by atoms with Gasteiger partial charge < -0.3 is 24.6 Å². The van der Waals surface area contributed by atoms with E-state index in [2.05, 4.69) is 10.1 Å². The normalized spacial score (nSPS) is 12.0. The van der Waals surface area contributed by atoms with Crippen LogP contribution in [0.3, 0.4) is 0 Å². The summed E-state index contributed by atoms with van der Waals surface area (Å²) >= 11 is 0. The molecule has 2 N–H and O–H groups in total. The number of esters is 2. The standard InChI is InChI=1S/C25H31NO6/c1-18(2)26-16-21(27)17-31-22-10-4-19(5-11-22)9-15-25(29)32-23-12-6-20(7-13-23)8-14-24(28)30-3/h4-7,9-13,15,18,21,26-27H,8,14,16-17H2,1-3H3/b15-9+. The predicted octanol–water partition coefficient (Wildman–Crippen LogP) is 3.15. The molecule has 0 aliphatic rings. The summed E-state index contributed by atoms with van der Waals surface area (Å²) in [5.41, 5.74) is 1.77. The average Bonchev–Trinajstić information content (AvgIpc) is 2.80. The third kappa shape index (κ3) is 9.76. The van der Waals surface area contributed by atoms with Crippen LogP contribution < -0.4 is 14.8 Å². The Morgan fingerprint density at radius 3 is 2.31 bits per heavy atom. The number of carbonyl (C=O) groups excluding carboxylic acids is 2. The molecule has 0 spiro atoms. The van der Waals surface area contributed by atoms with E-state index in [-0.39, 0.29) is 12.6 Å². The third-order valence-corrected chi connectivity index (χ3v) is 4.48. The largest absolute Gasteiger partial charge is 0.491 e. The van der Waals surface area contributed by atoms with Gasteiger partial charge in [0.1, 0.15) is 24.2 Å². The molecule has 172 valence electrons. The lowest BCUT2D eigenvalue weighted by Gasteiger charge is -2.15. The summed E-state index contributed by atoms with van der Waals surface area (Å²) in [4.78, 5) is 23.2. The van der Waals surface area contributed by atoms with Gasteiger partial charge in [-0.05, 0) is 47.9 Å². The van der Waals surface area contributed by atoms with Crippen molar-refractivity contribution in [3.05, 3.63) is 65.7 Å². The molecule has 2 aromatic carbocycles. The molecule has 1 unspecified atom stereocenters. The first-order valence-electron chi connectivity index (χ1n) is 10.6. The van der Waals surface area contributed by atoms with E-state index in [1.807, 2.05) is 38.1 Å². The number of hydrogen-bond donors (Lipinski definition) is 2. The lowest BCUT2D eigenvalue weighted by Crippen LogP contribution is -2.35. The van der Waals surface area contributed by atoms with E-state index in [0.717, 1.165) is 11.1 Å². The first kappa shape index (κ1) is 25.1. The summed E-state index contributed by atoms with van der Waals surface area (Å²) in [5.74, 6) is 0.312. The third-order valence-electron chi connectivity index (χ3n) is 4.48. The van der Waals surface area contributed by atoms with Crippen LogP contribution in [0.1, 0.15) is 31.4 Å². The molecule has 2 rings (SSSR count). The second-order valence-electron chi connectivity index (χ2n) is 7.57. The maximum atomic E-state index is 12.0. The van der Waals surface area contributed by atoms with Gasteiger partial charge in [0.05, 0.1) is 7.11 Å². The average molecular weight is 442 g/mol. The molecule has 0 aromatic heterocycles. The lowest BCUT2D eigenvalue weighted by atomic mass is 10.1. The SMILES string of the molecule is COC(=O)CCc1ccc(OC(=O)/C=C/c2ccc(OCC(O)CNC(C)C)cc2)cc1. The van der Waals surface area contributed by atoms with E-state index >= 15 is 0 Å². The summed E-state index contributed by atoms with van der Waals surface area (Å²) in [6, 6.07) is 14.5. The zero-order valence-electron chi connectivity index (χ0n) is 18.7. The number of aliphatic hydroxyl groups excluding tert-OH is 1. The molecule has 0 aliphatic carbocycles. The van der Waals surface area contributed by atoms with Crippen LogP contribution >= 0.6 is 0 Å². The van der Waals surface area contributed by atoms with Crippen LogP contribution in [0, 0.1) is 0 Å². The van der Waals surface area contributed by atoms with Gasteiger partial charge in [0.2, 0.25) is 0 Å². The van der Waals surface area contributed by atoms with Crippen molar-refractivity contribution in [3.8, 4) is 11.5 Å². The van der Waals surface area contributed by atoms with E-state index in [0.29, 0.717) is 36.9 Å². The molecule has 0 amide bonds. The Bertz CT molecular complexity index is 874. The zero-order valence-corrected chi connectivity index (χ0v) is 18.7. The monoisotopic (exact) mass is 441 g/mol. The van der Waals surface area contributed by atoms with Crippen LogP contribution in [-0.2, 0) is 20.7 Å². The van der Waals surface area contributed by atoms with E-state index in [9.17, 15) is 14.7 Å². The molecule has 0 fully saturated rings. The molecular formula is C25H31NO6. The number of benzene rings is 2. The van der Waals surface area contributed by atoms with Crippen LogP contribution in [0.2, 0.25) is 0 Å². The minimum atomic E-state index is -0.589. The molecule has 32 heavy (non-hydrogen) atoms. The quantitative estimate of drug-likeness (QED) is 0.297. The van der Waals surface area contributed by atoms with E-state index in [4.69, 9.17) is 9.47 Å². The Morgan fingerprint density at radius 2 is 1.69 bits per heavy atom. The molecule has 0 heterocycles. The summed E-state index contributed by atoms with van der Waals surface area (Å²) < 4.78 is 15.5. The second kappa shape index (κ2) is 13.3.